The van der Waals surface area contributed by atoms with Gasteiger partial charge in [-0.05, 0) is 41.7 Å². The van der Waals surface area contributed by atoms with Crippen molar-refractivity contribution in [1.29, 1.82) is 0 Å². The Morgan fingerprint density at radius 3 is 2.82 bits per heavy atom. The third-order valence-electron chi connectivity index (χ3n) is 4.17. The lowest BCUT2D eigenvalue weighted by Crippen LogP contribution is -2.12. The molecule has 0 saturated carbocycles. The molecule has 0 radical (unpaired) electrons. The highest BCUT2D eigenvalue weighted by atomic mass is 16.5. The second kappa shape index (κ2) is 6.18. The molecule has 2 nitrogen and oxygen atoms in total. The first-order valence-electron chi connectivity index (χ1n) is 7.72. The van der Waals surface area contributed by atoms with Gasteiger partial charge >= 0.3 is 0 Å². The summed E-state index contributed by atoms with van der Waals surface area (Å²) in [6.07, 6.45) is 11.2. The number of aryl methyl sites for hydroxylation is 1. The van der Waals surface area contributed by atoms with Gasteiger partial charge < -0.3 is 4.74 Å². The number of hydrogen-bond acceptors (Lipinski definition) is 2. The van der Waals surface area contributed by atoms with Crippen LogP contribution >= 0.6 is 0 Å². The summed E-state index contributed by atoms with van der Waals surface area (Å²) >= 11 is 0. The average Bonchev–Trinajstić information content (AvgIpc) is 2.53. The monoisotopic (exact) mass is 292 g/mol. The van der Waals surface area contributed by atoms with Crippen LogP contribution in [0.5, 0.6) is 5.75 Å². The molecule has 0 bridgehead atoms. The van der Waals surface area contributed by atoms with Gasteiger partial charge in [0.15, 0.2) is 5.78 Å². The number of benzene rings is 1. The van der Waals surface area contributed by atoms with Gasteiger partial charge in [-0.2, -0.15) is 0 Å². The van der Waals surface area contributed by atoms with Crippen LogP contribution in [0.1, 0.15) is 40.7 Å². The number of hydrogen-bond donors (Lipinski definition) is 0. The maximum absolute atomic E-state index is 12.1. The normalized spacial score (nSPS) is 21.7. The van der Waals surface area contributed by atoms with Crippen LogP contribution in [0.25, 0.3) is 5.57 Å². The van der Waals surface area contributed by atoms with Gasteiger partial charge in [-0.25, -0.2) is 0 Å². The summed E-state index contributed by atoms with van der Waals surface area (Å²) in [5, 5.41) is 0. The smallest absolute Gasteiger partial charge is 0.163 e. The Labute approximate surface area is 131 Å². The van der Waals surface area contributed by atoms with Gasteiger partial charge in [-0.15, -0.1) is 0 Å². The summed E-state index contributed by atoms with van der Waals surface area (Å²) in [6, 6.07) is 3.98. The number of ether oxygens (including phenoxy) is 1. The molecule has 1 heterocycles. The molecule has 0 atom stereocenters. The van der Waals surface area contributed by atoms with Crippen molar-refractivity contribution < 1.29 is 9.53 Å². The Kier molecular flexibility index (Phi) is 4.10. The molecule has 0 unspecified atom stereocenters. The molecule has 0 saturated heterocycles. The third-order valence-corrected chi connectivity index (χ3v) is 4.17. The van der Waals surface area contributed by atoms with Crippen LogP contribution < -0.4 is 4.74 Å². The Hall–Kier alpha value is -2.35. The lowest BCUT2D eigenvalue weighted by molar-refractivity contribution is 0.0972. The first-order chi connectivity index (χ1) is 10.7. The Bertz CT molecular complexity index is 705. The van der Waals surface area contributed by atoms with E-state index in [0.717, 1.165) is 52.8 Å². The molecule has 22 heavy (non-hydrogen) atoms. The molecule has 3 rings (SSSR count). The van der Waals surface area contributed by atoms with Crippen molar-refractivity contribution in [3.8, 4) is 5.75 Å². The fourth-order valence-electron chi connectivity index (χ4n) is 2.94. The molecular weight excluding hydrogens is 272 g/mol. The van der Waals surface area contributed by atoms with Crippen molar-refractivity contribution >= 4 is 11.4 Å². The molecule has 2 heteroatoms. The van der Waals surface area contributed by atoms with Gasteiger partial charge in [-0.3, -0.25) is 4.79 Å². The Morgan fingerprint density at radius 2 is 2.00 bits per heavy atom. The van der Waals surface area contributed by atoms with E-state index < -0.39 is 0 Å². The van der Waals surface area contributed by atoms with Crippen LogP contribution in [-0.4, -0.2) is 12.4 Å². The average molecular weight is 292 g/mol. The fraction of sp³-hybridized carbons (Fsp3) is 0.250. The summed E-state index contributed by atoms with van der Waals surface area (Å²) < 4.78 is 5.92. The van der Waals surface area contributed by atoms with E-state index in [0.29, 0.717) is 13.0 Å². The number of allylic oxidation sites excluding steroid dienone is 5. The highest BCUT2D eigenvalue weighted by Gasteiger charge is 2.20. The van der Waals surface area contributed by atoms with E-state index in [9.17, 15) is 4.79 Å². The minimum atomic E-state index is 0.222. The fourth-order valence-corrected chi connectivity index (χ4v) is 2.94. The van der Waals surface area contributed by atoms with E-state index in [2.05, 4.69) is 25.3 Å². The minimum absolute atomic E-state index is 0.222. The van der Waals surface area contributed by atoms with Gasteiger partial charge in [-0.1, -0.05) is 37.5 Å². The maximum atomic E-state index is 12.1. The lowest BCUT2D eigenvalue weighted by atomic mass is 9.87. The standard InChI is InChI=1S/C20H20O2/c1-3-15-6-5-11-22-20-13-18-16(7-4-8-19(18)21)12-17(20)14(2)9-10-15/h3,6,9-10,12-13H,1-2,4-5,7-8,11H2/b10-9-,15-6+. The van der Waals surface area contributed by atoms with Crippen LogP contribution in [-0.2, 0) is 6.42 Å². The van der Waals surface area contributed by atoms with E-state index in [1.54, 1.807) is 0 Å². The molecule has 0 N–H and O–H groups in total. The second-order valence-electron chi connectivity index (χ2n) is 5.69. The highest BCUT2D eigenvalue weighted by molar-refractivity contribution is 5.99. The zero-order chi connectivity index (χ0) is 15.5. The van der Waals surface area contributed by atoms with Crippen LogP contribution in [0.4, 0.5) is 0 Å². The Morgan fingerprint density at radius 1 is 1.14 bits per heavy atom. The molecule has 2 aliphatic rings. The van der Waals surface area contributed by atoms with Crippen molar-refractivity contribution in [1.82, 2.24) is 0 Å². The van der Waals surface area contributed by atoms with Crippen LogP contribution in [0.3, 0.4) is 0 Å². The van der Waals surface area contributed by atoms with Gasteiger partial charge in [0.2, 0.25) is 0 Å². The summed E-state index contributed by atoms with van der Waals surface area (Å²) in [6.45, 7) is 8.55. The topological polar surface area (TPSA) is 26.3 Å². The molecule has 1 aliphatic carbocycles. The number of rotatable bonds is 1. The summed E-state index contributed by atoms with van der Waals surface area (Å²) in [5.41, 5.74) is 4.88. The molecule has 0 aromatic heterocycles. The maximum Gasteiger partial charge on any atom is 0.163 e. The van der Waals surface area contributed by atoms with Gasteiger partial charge in [0, 0.05) is 24.0 Å². The van der Waals surface area contributed by atoms with E-state index in [1.807, 2.05) is 24.3 Å². The van der Waals surface area contributed by atoms with E-state index in [4.69, 9.17) is 4.74 Å². The van der Waals surface area contributed by atoms with Crippen molar-refractivity contribution in [2.75, 3.05) is 6.61 Å². The van der Waals surface area contributed by atoms with Crippen molar-refractivity contribution in [2.45, 2.75) is 25.7 Å². The molecular formula is C20H20O2. The number of ketones is 1. The van der Waals surface area contributed by atoms with Crippen LogP contribution in [0, 0.1) is 0 Å². The zero-order valence-corrected chi connectivity index (χ0v) is 12.7. The van der Waals surface area contributed by atoms with Gasteiger partial charge in [0.05, 0.1) is 6.61 Å². The SMILES string of the molecule is C=CC1=C\CCOc2cc3c(cc2C(=C)/C=C\1)CCCC3=O. The highest BCUT2D eigenvalue weighted by Crippen LogP contribution is 2.34. The van der Waals surface area contributed by atoms with Crippen molar-refractivity contribution in [3.63, 3.8) is 0 Å². The lowest BCUT2D eigenvalue weighted by Gasteiger charge is -2.20. The predicted octanol–water partition coefficient (Wildman–Crippen LogP) is 4.67. The van der Waals surface area contributed by atoms with Crippen molar-refractivity contribution in [3.05, 3.63) is 71.9 Å². The largest absolute Gasteiger partial charge is 0.493 e. The number of carbonyl (C=O) groups excluding carboxylic acids is 1. The number of carbonyl (C=O) groups is 1. The number of Topliss-reactive ketones (excluding diaryl/α,β-unsaturated/α-hetero) is 1. The number of fused-ring (bicyclic) bond motifs is 2. The molecule has 1 aromatic rings. The summed E-state index contributed by atoms with van der Waals surface area (Å²) in [5.74, 6) is 0.985. The first kappa shape index (κ1) is 14.6. The third kappa shape index (κ3) is 2.82. The molecule has 0 fully saturated rings. The molecule has 112 valence electrons. The summed E-state index contributed by atoms with van der Waals surface area (Å²) in [7, 11) is 0. The first-order valence-corrected chi connectivity index (χ1v) is 7.72. The van der Waals surface area contributed by atoms with Crippen LogP contribution in [0.15, 0.2) is 55.2 Å². The Balaban J connectivity index is 2.06. The van der Waals surface area contributed by atoms with E-state index in [1.165, 1.54) is 0 Å². The minimum Gasteiger partial charge on any atom is -0.493 e. The molecule has 0 spiro atoms. The molecule has 0 amide bonds. The van der Waals surface area contributed by atoms with E-state index >= 15 is 0 Å². The molecule has 1 aliphatic heterocycles. The summed E-state index contributed by atoms with van der Waals surface area (Å²) in [4.78, 5) is 12.1. The van der Waals surface area contributed by atoms with Crippen LogP contribution in [0.2, 0.25) is 0 Å². The molecule has 1 aromatic carbocycles. The van der Waals surface area contributed by atoms with Gasteiger partial charge in [0.1, 0.15) is 5.75 Å². The quantitative estimate of drug-likeness (QED) is 0.752. The van der Waals surface area contributed by atoms with Crippen molar-refractivity contribution in [2.24, 2.45) is 0 Å². The predicted molar refractivity (Wildman–Crippen MR) is 90.3 cm³/mol. The van der Waals surface area contributed by atoms with Gasteiger partial charge in [0.25, 0.3) is 0 Å². The second-order valence-corrected chi connectivity index (χ2v) is 5.69. The zero-order valence-electron chi connectivity index (χ0n) is 12.7. The van der Waals surface area contributed by atoms with E-state index in [-0.39, 0.29) is 5.78 Å².